The van der Waals surface area contributed by atoms with E-state index in [-0.39, 0.29) is 36.2 Å². The minimum Gasteiger partial charge on any atom is -0.467 e. The van der Waals surface area contributed by atoms with E-state index < -0.39 is 0 Å². The van der Waals surface area contributed by atoms with Crippen LogP contribution >= 0.6 is 0 Å². The van der Waals surface area contributed by atoms with Crippen LogP contribution in [0.4, 0.5) is 9.59 Å². The Kier molecular flexibility index (Phi) is 2.84. The highest BCUT2D eigenvalue weighted by atomic mass is 16.3. The Labute approximate surface area is 116 Å². The third-order valence-corrected chi connectivity index (χ3v) is 4.24. The molecule has 3 rings (SSSR count). The average Bonchev–Trinajstić information content (AvgIpc) is 2.92. The van der Waals surface area contributed by atoms with Gasteiger partial charge in [0.2, 0.25) is 0 Å². The largest absolute Gasteiger partial charge is 0.467 e. The van der Waals surface area contributed by atoms with E-state index in [4.69, 9.17) is 4.42 Å². The lowest BCUT2D eigenvalue weighted by Crippen LogP contribution is -2.71. The molecule has 1 aromatic rings. The molecule has 0 aliphatic carbocycles. The van der Waals surface area contributed by atoms with E-state index in [1.807, 2.05) is 13.0 Å². The summed E-state index contributed by atoms with van der Waals surface area (Å²) >= 11 is 0. The lowest BCUT2D eigenvalue weighted by atomic mass is 9.83. The number of amides is 4. The van der Waals surface area contributed by atoms with E-state index in [9.17, 15) is 9.59 Å². The molecule has 108 valence electrons. The molecule has 4 atom stereocenters. The van der Waals surface area contributed by atoms with Crippen LogP contribution in [0.3, 0.4) is 0 Å². The van der Waals surface area contributed by atoms with Crippen LogP contribution in [0.5, 0.6) is 0 Å². The quantitative estimate of drug-likeness (QED) is 0.803. The van der Waals surface area contributed by atoms with Crippen molar-refractivity contribution in [2.75, 3.05) is 14.1 Å². The Morgan fingerprint density at radius 3 is 2.50 bits per heavy atom. The van der Waals surface area contributed by atoms with E-state index >= 15 is 0 Å². The normalized spacial score (nSPS) is 33.5. The number of carbonyl (C=O) groups is 2. The van der Waals surface area contributed by atoms with Crippen LogP contribution in [0, 0.1) is 5.92 Å². The number of fused-ring (bicyclic) bond motifs is 1. The van der Waals surface area contributed by atoms with Crippen LogP contribution in [0.2, 0.25) is 0 Å². The van der Waals surface area contributed by atoms with Crippen LogP contribution in [0.25, 0.3) is 0 Å². The van der Waals surface area contributed by atoms with E-state index in [0.29, 0.717) is 0 Å². The summed E-state index contributed by atoms with van der Waals surface area (Å²) < 4.78 is 5.50. The SMILES string of the molecule is C[C@H]1NC(=O)N(C)[C@@H]2NC(=O)N(C)[C@@H](c3ccco3)[C@H]21. The predicted octanol–water partition coefficient (Wildman–Crippen LogP) is 0.961. The second-order valence-electron chi connectivity index (χ2n) is 5.39. The molecule has 1 aromatic heterocycles. The van der Waals surface area contributed by atoms with Gasteiger partial charge in [0, 0.05) is 26.1 Å². The van der Waals surface area contributed by atoms with Gasteiger partial charge in [-0.25, -0.2) is 9.59 Å². The van der Waals surface area contributed by atoms with E-state index in [0.717, 1.165) is 5.76 Å². The number of hydrogen-bond donors (Lipinski definition) is 2. The summed E-state index contributed by atoms with van der Waals surface area (Å²) in [5.41, 5.74) is 0. The van der Waals surface area contributed by atoms with Crippen molar-refractivity contribution in [1.82, 2.24) is 20.4 Å². The molecule has 2 aliphatic rings. The number of nitrogens with one attached hydrogen (secondary N) is 2. The van der Waals surface area contributed by atoms with E-state index in [1.165, 1.54) is 4.90 Å². The lowest BCUT2D eigenvalue weighted by molar-refractivity contribution is 0.0175. The Balaban J connectivity index is 2.02. The number of nitrogens with zero attached hydrogens (tertiary/aromatic N) is 2. The van der Waals surface area contributed by atoms with Crippen molar-refractivity contribution < 1.29 is 14.0 Å². The van der Waals surface area contributed by atoms with Gasteiger partial charge in [-0.05, 0) is 19.1 Å². The van der Waals surface area contributed by atoms with E-state index in [1.54, 1.807) is 31.3 Å². The Morgan fingerprint density at radius 1 is 1.15 bits per heavy atom. The third-order valence-electron chi connectivity index (χ3n) is 4.24. The van der Waals surface area contributed by atoms with E-state index in [2.05, 4.69) is 10.6 Å². The molecule has 3 heterocycles. The number of rotatable bonds is 1. The van der Waals surface area contributed by atoms with Gasteiger partial charge in [-0.2, -0.15) is 0 Å². The zero-order valence-electron chi connectivity index (χ0n) is 11.7. The van der Waals surface area contributed by atoms with Crippen molar-refractivity contribution in [3.8, 4) is 0 Å². The maximum Gasteiger partial charge on any atom is 0.319 e. The highest BCUT2D eigenvalue weighted by molar-refractivity contribution is 5.80. The zero-order chi connectivity index (χ0) is 14.4. The highest BCUT2D eigenvalue weighted by Gasteiger charge is 2.50. The highest BCUT2D eigenvalue weighted by Crippen LogP contribution is 2.38. The summed E-state index contributed by atoms with van der Waals surface area (Å²) in [6, 6.07) is 3.01. The molecule has 4 amide bonds. The van der Waals surface area contributed by atoms with Gasteiger partial charge in [-0.15, -0.1) is 0 Å². The van der Waals surface area contributed by atoms with Crippen LogP contribution in [-0.2, 0) is 0 Å². The van der Waals surface area contributed by atoms with Gasteiger partial charge < -0.3 is 24.9 Å². The first-order chi connectivity index (χ1) is 9.50. The standard InChI is InChI=1S/C13H18N4O3/c1-7-9-10(8-5-4-6-20-8)16(2)13(19)15-11(9)17(3)12(18)14-7/h4-7,9-11H,1-3H3,(H,14,18)(H,15,19)/t7-,9-,10+,11+/m1/s1. The fraction of sp³-hybridized carbons (Fsp3) is 0.538. The summed E-state index contributed by atoms with van der Waals surface area (Å²) in [6.45, 7) is 1.95. The van der Waals surface area contributed by atoms with Crippen molar-refractivity contribution in [3.63, 3.8) is 0 Å². The first kappa shape index (κ1) is 12.8. The van der Waals surface area contributed by atoms with Crippen LogP contribution in [0.1, 0.15) is 18.7 Å². The Bertz CT molecular complexity index is 530. The first-order valence-electron chi connectivity index (χ1n) is 6.60. The summed E-state index contributed by atoms with van der Waals surface area (Å²) in [6.07, 6.45) is 1.26. The fourth-order valence-corrected chi connectivity index (χ4v) is 3.14. The minimum atomic E-state index is -0.336. The smallest absolute Gasteiger partial charge is 0.319 e. The molecule has 2 fully saturated rings. The van der Waals surface area contributed by atoms with Gasteiger partial charge in [-0.3, -0.25) is 0 Å². The lowest BCUT2D eigenvalue weighted by Gasteiger charge is -2.51. The van der Waals surface area contributed by atoms with Crippen molar-refractivity contribution in [2.24, 2.45) is 5.92 Å². The maximum absolute atomic E-state index is 12.1. The van der Waals surface area contributed by atoms with Gasteiger partial charge in [0.15, 0.2) is 0 Å². The van der Waals surface area contributed by atoms with Gasteiger partial charge >= 0.3 is 12.1 Å². The maximum atomic E-state index is 12.1. The third kappa shape index (κ3) is 1.73. The number of hydrogen-bond acceptors (Lipinski definition) is 3. The molecule has 7 nitrogen and oxygen atoms in total. The molecule has 0 bridgehead atoms. The molecule has 0 saturated carbocycles. The van der Waals surface area contributed by atoms with Crippen molar-refractivity contribution in [3.05, 3.63) is 24.2 Å². The number of carbonyl (C=O) groups excluding carboxylic acids is 2. The predicted molar refractivity (Wildman–Crippen MR) is 70.8 cm³/mol. The molecule has 2 saturated heterocycles. The Hall–Kier alpha value is -2.18. The fourth-order valence-electron chi connectivity index (χ4n) is 3.14. The second kappa shape index (κ2) is 4.43. The summed E-state index contributed by atoms with van der Waals surface area (Å²) in [5.74, 6) is 0.736. The van der Waals surface area contributed by atoms with Gasteiger partial charge in [-0.1, -0.05) is 0 Å². The van der Waals surface area contributed by atoms with Crippen molar-refractivity contribution >= 4 is 12.1 Å². The number of furan rings is 1. The molecule has 0 radical (unpaired) electrons. The summed E-state index contributed by atoms with van der Waals surface area (Å²) in [5, 5.41) is 5.80. The van der Waals surface area contributed by atoms with Gasteiger partial charge in [0.05, 0.1) is 12.3 Å². The minimum absolute atomic E-state index is 0.00606. The van der Waals surface area contributed by atoms with Crippen LogP contribution < -0.4 is 10.6 Å². The Morgan fingerprint density at radius 2 is 1.85 bits per heavy atom. The molecule has 0 spiro atoms. The zero-order valence-corrected chi connectivity index (χ0v) is 11.7. The van der Waals surface area contributed by atoms with Gasteiger partial charge in [0.1, 0.15) is 11.9 Å². The molecular weight excluding hydrogens is 260 g/mol. The molecule has 7 heteroatoms. The summed E-state index contributed by atoms with van der Waals surface area (Å²) in [7, 11) is 3.42. The second-order valence-corrected chi connectivity index (χ2v) is 5.39. The summed E-state index contributed by atoms with van der Waals surface area (Å²) in [4.78, 5) is 27.2. The van der Waals surface area contributed by atoms with Crippen molar-refractivity contribution in [2.45, 2.75) is 25.2 Å². The van der Waals surface area contributed by atoms with Gasteiger partial charge in [0.25, 0.3) is 0 Å². The number of urea groups is 2. The molecule has 0 unspecified atom stereocenters. The molecular formula is C13H18N4O3. The topological polar surface area (TPSA) is 77.8 Å². The average molecular weight is 278 g/mol. The molecule has 0 aromatic carbocycles. The molecule has 2 aliphatic heterocycles. The van der Waals surface area contributed by atoms with Crippen LogP contribution in [0.15, 0.2) is 22.8 Å². The van der Waals surface area contributed by atoms with Crippen molar-refractivity contribution in [1.29, 1.82) is 0 Å². The first-order valence-corrected chi connectivity index (χ1v) is 6.60. The van der Waals surface area contributed by atoms with Crippen LogP contribution in [-0.4, -0.2) is 48.2 Å². The monoisotopic (exact) mass is 278 g/mol. The molecule has 2 N–H and O–H groups in total. The molecule has 20 heavy (non-hydrogen) atoms.